The zero-order valence-corrected chi connectivity index (χ0v) is 12.1. The lowest BCUT2D eigenvalue weighted by atomic mass is 10.0. The molecule has 0 spiro atoms. The molecule has 19 heavy (non-hydrogen) atoms. The van der Waals surface area contributed by atoms with Gasteiger partial charge in [-0.05, 0) is 18.8 Å². The van der Waals surface area contributed by atoms with Crippen LogP contribution in [0.4, 0.5) is 0 Å². The zero-order chi connectivity index (χ0) is 14.4. The summed E-state index contributed by atoms with van der Waals surface area (Å²) in [5.74, 6) is 0.109. The number of amides is 2. The Morgan fingerprint density at radius 3 is 2.37 bits per heavy atom. The van der Waals surface area contributed by atoms with Crippen molar-refractivity contribution in [3.8, 4) is 0 Å². The molecular formula is C13H26N4O2. The van der Waals surface area contributed by atoms with Crippen molar-refractivity contribution in [1.29, 1.82) is 0 Å². The number of carbonyl (C=O) groups is 2. The molecule has 6 heteroatoms. The fourth-order valence-electron chi connectivity index (χ4n) is 2.12. The Morgan fingerprint density at radius 1 is 1.32 bits per heavy atom. The fraction of sp³-hybridized carbons (Fsp3) is 0.846. The number of piperidine rings is 1. The Labute approximate surface area is 115 Å². The van der Waals surface area contributed by atoms with Crippen molar-refractivity contribution in [2.45, 2.75) is 38.8 Å². The molecule has 0 bridgehead atoms. The van der Waals surface area contributed by atoms with Gasteiger partial charge in [0, 0.05) is 26.2 Å². The molecule has 0 saturated carbocycles. The number of likely N-dealkylation sites (tertiary alicyclic amines) is 1. The second-order valence-corrected chi connectivity index (χ2v) is 5.50. The van der Waals surface area contributed by atoms with Crippen LogP contribution in [-0.4, -0.2) is 55.5 Å². The van der Waals surface area contributed by atoms with E-state index in [-0.39, 0.29) is 23.8 Å². The van der Waals surface area contributed by atoms with Crippen molar-refractivity contribution >= 4 is 11.8 Å². The first-order valence-corrected chi connectivity index (χ1v) is 6.93. The van der Waals surface area contributed by atoms with Crippen LogP contribution >= 0.6 is 0 Å². The number of rotatable bonds is 5. The smallest absolute Gasteiger partial charge is 0.237 e. The van der Waals surface area contributed by atoms with Crippen molar-refractivity contribution in [3.63, 3.8) is 0 Å². The number of nitrogens with zero attached hydrogens (tertiary/aromatic N) is 1. The molecule has 2 amide bonds. The first kappa shape index (κ1) is 15.9. The van der Waals surface area contributed by atoms with Crippen LogP contribution in [0.25, 0.3) is 0 Å². The van der Waals surface area contributed by atoms with Gasteiger partial charge in [0.05, 0.1) is 12.6 Å². The van der Waals surface area contributed by atoms with Gasteiger partial charge in [0.1, 0.15) is 0 Å². The monoisotopic (exact) mass is 270 g/mol. The molecule has 0 aromatic rings. The zero-order valence-electron chi connectivity index (χ0n) is 12.1. The molecule has 1 aliphatic heterocycles. The minimum atomic E-state index is -0.441. The Bertz CT molecular complexity index is 312. The molecule has 1 unspecified atom stereocenters. The number of carbonyl (C=O) groups excluding carboxylic acids is 2. The van der Waals surface area contributed by atoms with Crippen molar-refractivity contribution in [2.75, 3.05) is 26.7 Å². The van der Waals surface area contributed by atoms with Crippen LogP contribution in [0.2, 0.25) is 0 Å². The summed E-state index contributed by atoms with van der Waals surface area (Å²) in [5, 5.41) is 5.61. The largest absolute Gasteiger partial charge is 0.358 e. The first-order chi connectivity index (χ1) is 8.93. The number of hydrogen-bond donors (Lipinski definition) is 3. The molecule has 0 aliphatic carbocycles. The van der Waals surface area contributed by atoms with Gasteiger partial charge in [-0.15, -0.1) is 0 Å². The highest BCUT2D eigenvalue weighted by molar-refractivity contribution is 5.82. The van der Waals surface area contributed by atoms with Crippen molar-refractivity contribution in [1.82, 2.24) is 15.5 Å². The third-order valence-corrected chi connectivity index (χ3v) is 3.60. The Balaban J connectivity index is 2.30. The summed E-state index contributed by atoms with van der Waals surface area (Å²) in [6.45, 7) is 5.97. The molecule has 1 atom stereocenters. The van der Waals surface area contributed by atoms with Crippen LogP contribution in [-0.2, 0) is 9.59 Å². The lowest BCUT2D eigenvalue weighted by molar-refractivity contribution is -0.125. The maximum Gasteiger partial charge on any atom is 0.237 e. The summed E-state index contributed by atoms with van der Waals surface area (Å²) in [4.78, 5) is 25.2. The van der Waals surface area contributed by atoms with Crippen LogP contribution in [0.15, 0.2) is 0 Å². The van der Waals surface area contributed by atoms with Crippen molar-refractivity contribution in [2.24, 2.45) is 11.7 Å². The molecule has 1 aliphatic rings. The third kappa shape index (κ3) is 5.16. The van der Waals surface area contributed by atoms with E-state index in [1.165, 1.54) is 0 Å². The minimum absolute atomic E-state index is 0.0318. The quantitative estimate of drug-likeness (QED) is 0.616. The summed E-state index contributed by atoms with van der Waals surface area (Å²) in [5.41, 5.74) is 5.81. The van der Waals surface area contributed by atoms with E-state index in [2.05, 4.69) is 15.5 Å². The molecule has 0 radical (unpaired) electrons. The third-order valence-electron chi connectivity index (χ3n) is 3.60. The van der Waals surface area contributed by atoms with Gasteiger partial charge in [-0.25, -0.2) is 0 Å². The molecule has 6 nitrogen and oxygen atoms in total. The molecule has 0 aromatic heterocycles. The highest BCUT2D eigenvalue weighted by Gasteiger charge is 2.24. The van der Waals surface area contributed by atoms with Gasteiger partial charge in [0.2, 0.25) is 11.8 Å². The predicted octanol–water partition coefficient (Wildman–Crippen LogP) is -0.704. The molecule has 0 aromatic carbocycles. The topological polar surface area (TPSA) is 87.5 Å². The lowest BCUT2D eigenvalue weighted by Crippen LogP contribution is -2.51. The fourth-order valence-corrected chi connectivity index (χ4v) is 2.12. The Kier molecular flexibility index (Phi) is 6.24. The van der Waals surface area contributed by atoms with Crippen LogP contribution in [0.1, 0.15) is 26.7 Å². The predicted molar refractivity (Wildman–Crippen MR) is 74.5 cm³/mol. The van der Waals surface area contributed by atoms with Gasteiger partial charge in [-0.1, -0.05) is 13.8 Å². The van der Waals surface area contributed by atoms with Gasteiger partial charge in [0.25, 0.3) is 0 Å². The average Bonchev–Trinajstić information content (AvgIpc) is 2.39. The summed E-state index contributed by atoms with van der Waals surface area (Å²) in [6.07, 6.45) is 1.74. The van der Waals surface area contributed by atoms with Gasteiger partial charge in [-0.2, -0.15) is 0 Å². The molecular weight excluding hydrogens is 244 g/mol. The Hall–Kier alpha value is -1.14. The van der Waals surface area contributed by atoms with E-state index in [4.69, 9.17) is 5.73 Å². The Morgan fingerprint density at radius 2 is 1.89 bits per heavy atom. The van der Waals surface area contributed by atoms with E-state index in [0.29, 0.717) is 6.54 Å². The highest BCUT2D eigenvalue weighted by Crippen LogP contribution is 2.10. The van der Waals surface area contributed by atoms with Crippen molar-refractivity contribution in [3.05, 3.63) is 0 Å². The van der Waals surface area contributed by atoms with Gasteiger partial charge >= 0.3 is 0 Å². The molecule has 4 N–H and O–H groups in total. The minimum Gasteiger partial charge on any atom is -0.358 e. The lowest BCUT2D eigenvalue weighted by Gasteiger charge is -2.32. The van der Waals surface area contributed by atoms with Gasteiger partial charge in [0.15, 0.2) is 0 Å². The van der Waals surface area contributed by atoms with Crippen LogP contribution < -0.4 is 16.4 Å². The van der Waals surface area contributed by atoms with Crippen LogP contribution in [0.5, 0.6) is 0 Å². The molecule has 1 saturated heterocycles. The van der Waals surface area contributed by atoms with E-state index in [1.807, 2.05) is 13.8 Å². The summed E-state index contributed by atoms with van der Waals surface area (Å²) >= 11 is 0. The number of nitrogens with two attached hydrogens (primary N) is 1. The summed E-state index contributed by atoms with van der Waals surface area (Å²) in [6, 6.07) is -0.262. The SMILES string of the molecule is CNC(=O)CN1CCC(NC(=O)C(N)C(C)C)CC1. The van der Waals surface area contributed by atoms with Gasteiger partial charge < -0.3 is 16.4 Å². The second-order valence-electron chi connectivity index (χ2n) is 5.50. The second kappa shape index (κ2) is 7.45. The van der Waals surface area contributed by atoms with E-state index in [1.54, 1.807) is 7.05 Å². The highest BCUT2D eigenvalue weighted by atomic mass is 16.2. The van der Waals surface area contributed by atoms with Crippen molar-refractivity contribution < 1.29 is 9.59 Å². The van der Waals surface area contributed by atoms with E-state index in [9.17, 15) is 9.59 Å². The molecule has 1 heterocycles. The van der Waals surface area contributed by atoms with E-state index >= 15 is 0 Å². The molecule has 1 fully saturated rings. The summed E-state index contributed by atoms with van der Waals surface area (Å²) in [7, 11) is 1.64. The maximum absolute atomic E-state index is 11.8. The van der Waals surface area contributed by atoms with Gasteiger partial charge in [-0.3, -0.25) is 14.5 Å². The molecule has 1 rings (SSSR count). The molecule has 110 valence electrons. The van der Waals surface area contributed by atoms with Crippen LogP contribution in [0, 0.1) is 5.92 Å². The van der Waals surface area contributed by atoms with Crippen LogP contribution in [0.3, 0.4) is 0 Å². The van der Waals surface area contributed by atoms with E-state index < -0.39 is 6.04 Å². The number of nitrogens with one attached hydrogen (secondary N) is 2. The first-order valence-electron chi connectivity index (χ1n) is 6.93. The summed E-state index contributed by atoms with van der Waals surface area (Å²) < 4.78 is 0. The average molecular weight is 270 g/mol. The normalized spacial score (nSPS) is 19.2. The number of hydrogen-bond acceptors (Lipinski definition) is 4. The number of likely N-dealkylation sites (N-methyl/N-ethyl adjacent to an activating group) is 1. The maximum atomic E-state index is 11.8. The van der Waals surface area contributed by atoms with E-state index in [0.717, 1.165) is 25.9 Å². The standard InChI is InChI=1S/C13H26N4O2/c1-9(2)12(14)13(19)16-10-4-6-17(7-5-10)8-11(18)15-3/h9-10,12H,4-8,14H2,1-3H3,(H,15,18)(H,16,19).